The molecule has 6 heteroatoms. The van der Waals surface area contributed by atoms with Gasteiger partial charge >= 0.3 is 6.09 Å². The van der Waals surface area contributed by atoms with Crippen LogP contribution in [0, 0.1) is 19.8 Å². The Morgan fingerprint density at radius 2 is 2.06 bits per heavy atom. The van der Waals surface area contributed by atoms with E-state index < -0.39 is 0 Å². The van der Waals surface area contributed by atoms with Gasteiger partial charge in [-0.3, -0.25) is 0 Å². The maximum atomic E-state index is 11.9. The molecule has 0 bridgehead atoms. The molecule has 0 saturated carbocycles. The average molecular weight is 435 g/mol. The number of benzene rings is 2. The second kappa shape index (κ2) is 9.98. The topological polar surface area (TPSA) is 67.3 Å². The van der Waals surface area contributed by atoms with Crippen LogP contribution in [0.25, 0.3) is 22.3 Å². The van der Waals surface area contributed by atoms with E-state index >= 15 is 0 Å². The van der Waals surface area contributed by atoms with Gasteiger partial charge in [-0.25, -0.2) is 14.8 Å². The molecule has 4 rings (SSSR count). The number of fused-ring (bicyclic) bond motifs is 1. The van der Waals surface area contributed by atoms with Gasteiger partial charge in [-0.2, -0.15) is 0 Å². The minimum atomic E-state index is -0.325. The highest BCUT2D eigenvalue weighted by molar-refractivity contribution is 5.91. The molecule has 0 unspecified atom stereocenters. The van der Waals surface area contributed by atoms with E-state index in [0.29, 0.717) is 19.1 Å². The zero-order chi connectivity index (χ0) is 22.5. The summed E-state index contributed by atoms with van der Waals surface area (Å²) >= 11 is 0. The van der Waals surface area contributed by atoms with Crippen LogP contribution in [-0.4, -0.2) is 42.3 Å². The zero-order valence-electron chi connectivity index (χ0n) is 19.2. The van der Waals surface area contributed by atoms with Gasteiger partial charge in [-0.05, 0) is 62.3 Å². The van der Waals surface area contributed by atoms with E-state index in [1.807, 2.05) is 19.1 Å². The van der Waals surface area contributed by atoms with Crippen molar-refractivity contribution in [3.63, 3.8) is 0 Å². The molecule has 32 heavy (non-hydrogen) atoms. The number of hydrogen-bond acceptors (Lipinski definition) is 5. The number of ether oxygens (including phenoxy) is 1. The summed E-state index contributed by atoms with van der Waals surface area (Å²) in [5.74, 6) is 2.10. The predicted molar refractivity (Wildman–Crippen MR) is 131 cm³/mol. The van der Waals surface area contributed by atoms with E-state index in [1.165, 1.54) is 5.56 Å². The van der Waals surface area contributed by atoms with Crippen LogP contribution in [0.4, 0.5) is 10.6 Å². The number of anilines is 1. The fraction of sp³-hybridized carbons (Fsp3) is 0.423. The summed E-state index contributed by atoms with van der Waals surface area (Å²) < 4.78 is 5.15. The van der Waals surface area contributed by atoms with Crippen molar-refractivity contribution in [2.75, 3.05) is 31.1 Å². The first kappa shape index (κ1) is 22.1. The first-order valence-corrected chi connectivity index (χ1v) is 11.5. The van der Waals surface area contributed by atoms with Crippen LogP contribution >= 0.6 is 0 Å². The van der Waals surface area contributed by atoms with E-state index in [9.17, 15) is 4.79 Å². The average Bonchev–Trinajstić information content (AvgIpc) is 2.81. The van der Waals surface area contributed by atoms with Crippen LogP contribution in [0.1, 0.15) is 38.7 Å². The van der Waals surface area contributed by atoms with Crippen LogP contribution in [-0.2, 0) is 4.74 Å². The fourth-order valence-electron chi connectivity index (χ4n) is 4.31. The minimum Gasteiger partial charge on any atom is -0.450 e. The number of nitrogens with zero attached hydrogens (tertiary/aromatic N) is 3. The lowest BCUT2D eigenvalue weighted by atomic mass is 9.97. The highest BCUT2D eigenvalue weighted by Gasteiger charge is 2.24. The molecule has 2 heterocycles. The van der Waals surface area contributed by atoms with E-state index in [4.69, 9.17) is 14.7 Å². The quantitative estimate of drug-likeness (QED) is 0.554. The summed E-state index contributed by atoms with van der Waals surface area (Å²) in [6.07, 6.45) is 2.65. The minimum absolute atomic E-state index is 0. The number of carbonyl (C=O) groups is 1. The van der Waals surface area contributed by atoms with Gasteiger partial charge in [-0.15, -0.1) is 0 Å². The highest BCUT2D eigenvalue weighted by atomic mass is 16.5. The first-order chi connectivity index (χ1) is 15.5. The van der Waals surface area contributed by atoms with Crippen molar-refractivity contribution < 1.29 is 11.0 Å². The molecule has 6 nitrogen and oxygen atoms in total. The number of hydrogen-bond donors (Lipinski definition) is 1. The van der Waals surface area contributed by atoms with Crippen molar-refractivity contribution in [2.45, 2.75) is 40.0 Å². The second-order valence-electron chi connectivity index (χ2n) is 8.68. The van der Waals surface area contributed by atoms with Crippen molar-refractivity contribution in [3.8, 4) is 11.4 Å². The molecule has 1 N–H and O–H groups in total. The van der Waals surface area contributed by atoms with Crippen molar-refractivity contribution in [1.82, 2.24) is 15.3 Å². The SMILES string of the molecule is CCCOC(=O)NC[C@@H]1CCCN(c2nc(-c3ccccc3C)nc3cc(C)ccc23)C1.[HH]. The van der Waals surface area contributed by atoms with Crippen LogP contribution in [0.3, 0.4) is 0 Å². The van der Waals surface area contributed by atoms with Crippen molar-refractivity contribution in [2.24, 2.45) is 5.92 Å². The Kier molecular flexibility index (Phi) is 6.88. The van der Waals surface area contributed by atoms with E-state index in [2.05, 4.69) is 54.4 Å². The molecule has 2 aromatic carbocycles. The molecule has 0 spiro atoms. The van der Waals surface area contributed by atoms with Gasteiger partial charge in [0.1, 0.15) is 5.82 Å². The summed E-state index contributed by atoms with van der Waals surface area (Å²) in [5.41, 5.74) is 4.38. The predicted octanol–water partition coefficient (Wildman–Crippen LogP) is 5.51. The first-order valence-electron chi connectivity index (χ1n) is 11.5. The molecule has 1 amide bonds. The summed E-state index contributed by atoms with van der Waals surface area (Å²) in [7, 11) is 0. The smallest absolute Gasteiger partial charge is 0.407 e. The van der Waals surface area contributed by atoms with Gasteiger partial charge in [0.05, 0.1) is 12.1 Å². The molecule has 0 radical (unpaired) electrons. The van der Waals surface area contributed by atoms with Gasteiger partial charge in [0.15, 0.2) is 5.82 Å². The maximum absolute atomic E-state index is 11.9. The second-order valence-corrected chi connectivity index (χ2v) is 8.68. The number of carbonyl (C=O) groups excluding carboxylic acids is 1. The Morgan fingerprint density at radius 1 is 1.22 bits per heavy atom. The lowest BCUT2D eigenvalue weighted by Crippen LogP contribution is -2.41. The third-order valence-electron chi connectivity index (χ3n) is 6.01. The molecule has 1 atom stereocenters. The van der Waals surface area contributed by atoms with Gasteiger partial charge in [0.2, 0.25) is 0 Å². The maximum Gasteiger partial charge on any atom is 0.407 e. The number of aromatic nitrogens is 2. The standard InChI is InChI=1S/C26H32N4O2.H2/c1-4-14-32-26(31)27-16-20-9-7-13-30(17-20)25-22-12-11-18(2)15-23(22)28-24(29-25)21-10-6-5-8-19(21)3;/h5-6,8,10-12,15,20H,4,7,9,13-14,16-17H2,1-3H3,(H,27,31);1H/t20-;/m0./s1. The van der Waals surface area contributed by atoms with Gasteiger partial charge in [0.25, 0.3) is 0 Å². The summed E-state index contributed by atoms with van der Waals surface area (Å²) in [5, 5.41) is 4.00. The van der Waals surface area contributed by atoms with E-state index in [-0.39, 0.29) is 7.52 Å². The fourth-order valence-corrected chi connectivity index (χ4v) is 4.31. The Hall–Kier alpha value is -3.15. The third kappa shape index (κ3) is 5.01. The summed E-state index contributed by atoms with van der Waals surface area (Å²) in [4.78, 5) is 24.2. The lowest BCUT2D eigenvalue weighted by molar-refractivity contribution is 0.144. The Labute approximate surface area is 191 Å². The normalized spacial score (nSPS) is 16.2. The van der Waals surface area contributed by atoms with Gasteiger partial charge in [-0.1, -0.05) is 37.3 Å². The summed E-state index contributed by atoms with van der Waals surface area (Å²) in [6, 6.07) is 14.6. The molecule has 0 aliphatic carbocycles. The monoisotopic (exact) mass is 434 g/mol. The Balaban J connectivity index is 0.00000306. The number of piperidine rings is 1. The third-order valence-corrected chi connectivity index (χ3v) is 6.01. The highest BCUT2D eigenvalue weighted by Crippen LogP contribution is 2.31. The van der Waals surface area contributed by atoms with Crippen molar-refractivity contribution in [3.05, 3.63) is 53.6 Å². The number of aryl methyl sites for hydroxylation is 2. The Bertz CT molecular complexity index is 1100. The largest absolute Gasteiger partial charge is 0.450 e. The van der Waals surface area contributed by atoms with Crippen LogP contribution in [0.2, 0.25) is 0 Å². The van der Waals surface area contributed by atoms with Crippen LogP contribution in [0.15, 0.2) is 42.5 Å². The molecule has 170 valence electrons. The molecular formula is C26H34N4O2. The zero-order valence-corrected chi connectivity index (χ0v) is 19.2. The molecule has 3 aromatic rings. The number of rotatable bonds is 6. The molecule has 1 aliphatic rings. The van der Waals surface area contributed by atoms with Crippen molar-refractivity contribution >= 4 is 22.8 Å². The number of nitrogens with one attached hydrogen (secondary N) is 1. The van der Waals surface area contributed by atoms with Gasteiger partial charge in [0, 0.05) is 32.0 Å². The van der Waals surface area contributed by atoms with Crippen LogP contribution < -0.4 is 10.2 Å². The number of alkyl carbamates (subject to hydrolysis) is 1. The van der Waals surface area contributed by atoms with Crippen molar-refractivity contribution in [1.29, 1.82) is 0 Å². The molecule has 1 fully saturated rings. The molecule has 1 aromatic heterocycles. The molecular weight excluding hydrogens is 400 g/mol. The lowest BCUT2D eigenvalue weighted by Gasteiger charge is -2.34. The number of amides is 1. The van der Waals surface area contributed by atoms with E-state index in [1.54, 1.807) is 0 Å². The molecule has 1 saturated heterocycles. The van der Waals surface area contributed by atoms with Gasteiger partial charge < -0.3 is 15.0 Å². The summed E-state index contributed by atoms with van der Waals surface area (Å²) in [6.45, 7) is 9.05. The van der Waals surface area contributed by atoms with Crippen LogP contribution in [0.5, 0.6) is 0 Å². The molecule has 1 aliphatic heterocycles. The van der Waals surface area contributed by atoms with E-state index in [0.717, 1.165) is 66.0 Å². The Morgan fingerprint density at radius 3 is 2.88 bits per heavy atom.